The van der Waals surface area contributed by atoms with Gasteiger partial charge in [0.05, 0.1) is 30.0 Å². The molecule has 1 aliphatic rings. The summed E-state index contributed by atoms with van der Waals surface area (Å²) in [7, 11) is -0.435. The molecule has 0 spiro atoms. The van der Waals surface area contributed by atoms with E-state index in [0.29, 0.717) is 52.0 Å². The van der Waals surface area contributed by atoms with Crippen LogP contribution in [0.25, 0.3) is 10.9 Å². The van der Waals surface area contributed by atoms with Crippen LogP contribution in [0.4, 0.5) is 24.5 Å². The van der Waals surface area contributed by atoms with Gasteiger partial charge in [-0.1, -0.05) is 12.0 Å². The number of nitrogens with zero attached hydrogens (tertiary/aromatic N) is 1. The number of nitrogens with one attached hydrogen (secondary N) is 2. The van der Waals surface area contributed by atoms with Crippen molar-refractivity contribution >= 4 is 43.9 Å². The SMILES string of the molecule is COCCOc1cc(S(C)=O)ccc1NCC#Cc1cc2c(NC3CCS(=O)CC3)cccc2n1CC(F)(F)F. The fraction of sp³-hybridized carbons (Fsp3) is 0.429. The van der Waals surface area contributed by atoms with Crippen molar-refractivity contribution in [2.45, 2.75) is 36.5 Å². The van der Waals surface area contributed by atoms with Gasteiger partial charge < -0.3 is 24.7 Å². The third kappa shape index (κ3) is 8.02. The van der Waals surface area contributed by atoms with Gasteiger partial charge in [-0.25, -0.2) is 0 Å². The van der Waals surface area contributed by atoms with E-state index in [0.717, 1.165) is 18.5 Å². The smallest absolute Gasteiger partial charge is 0.406 e. The summed E-state index contributed by atoms with van der Waals surface area (Å²) in [6.07, 6.45) is -1.36. The standard InChI is InChI=1S/C28H32F3N3O4S2/c1-37-13-14-38-27-18-22(39(2)35)8-9-25(27)32-12-4-5-21-17-23-24(33-20-10-15-40(36)16-11-20)6-3-7-26(23)34(21)19-28(29,30)31/h3,6-9,17-18,20,32-33H,10-16,19H2,1-2H3. The van der Waals surface area contributed by atoms with Gasteiger partial charge >= 0.3 is 6.18 Å². The van der Waals surface area contributed by atoms with E-state index in [9.17, 15) is 21.6 Å². The van der Waals surface area contributed by atoms with E-state index in [-0.39, 0.29) is 18.3 Å². The molecule has 0 amide bonds. The topological polar surface area (TPSA) is 81.6 Å². The first-order valence-corrected chi connectivity index (χ1v) is 15.8. The second kappa shape index (κ2) is 13.6. The average molecular weight is 596 g/mol. The molecule has 3 aromatic rings. The van der Waals surface area contributed by atoms with Gasteiger partial charge in [0.25, 0.3) is 0 Å². The Morgan fingerprint density at radius 2 is 1.90 bits per heavy atom. The van der Waals surface area contributed by atoms with Crippen LogP contribution in [-0.4, -0.2) is 69.8 Å². The Balaban J connectivity index is 1.57. The Kier molecular flexibility index (Phi) is 10.2. The zero-order valence-corrected chi connectivity index (χ0v) is 23.9. The maximum absolute atomic E-state index is 13.5. The van der Waals surface area contributed by atoms with E-state index in [1.807, 2.05) is 6.07 Å². The highest BCUT2D eigenvalue weighted by Crippen LogP contribution is 2.31. The molecular formula is C28H32F3N3O4S2. The van der Waals surface area contributed by atoms with Crippen molar-refractivity contribution in [3.8, 4) is 17.6 Å². The summed E-state index contributed by atoms with van der Waals surface area (Å²) in [6, 6.07) is 12.2. The minimum Gasteiger partial charge on any atom is -0.489 e. The van der Waals surface area contributed by atoms with Gasteiger partial charge in [0.15, 0.2) is 0 Å². The molecular weight excluding hydrogens is 563 g/mol. The number of alkyl halides is 3. The van der Waals surface area contributed by atoms with Crippen molar-refractivity contribution in [3.05, 3.63) is 48.2 Å². The highest BCUT2D eigenvalue weighted by molar-refractivity contribution is 7.85. The minimum atomic E-state index is -4.42. The van der Waals surface area contributed by atoms with Crippen LogP contribution in [0.15, 0.2) is 47.4 Å². The van der Waals surface area contributed by atoms with Crippen molar-refractivity contribution < 1.29 is 31.1 Å². The van der Waals surface area contributed by atoms with Crippen molar-refractivity contribution in [2.75, 3.05) is 55.3 Å². The Bertz CT molecular complexity index is 1440. The summed E-state index contributed by atoms with van der Waals surface area (Å²) in [5.41, 5.74) is 2.05. The van der Waals surface area contributed by atoms with Crippen LogP contribution >= 0.6 is 0 Å². The number of hydrogen-bond donors (Lipinski definition) is 2. The highest BCUT2D eigenvalue weighted by Gasteiger charge is 2.30. The van der Waals surface area contributed by atoms with Gasteiger partial charge in [0.1, 0.15) is 18.9 Å². The molecule has 0 radical (unpaired) electrons. The van der Waals surface area contributed by atoms with Crippen molar-refractivity contribution in [2.24, 2.45) is 0 Å². The monoisotopic (exact) mass is 595 g/mol. The maximum atomic E-state index is 13.5. The first-order valence-electron chi connectivity index (χ1n) is 12.8. The maximum Gasteiger partial charge on any atom is 0.406 e. The summed E-state index contributed by atoms with van der Waals surface area (Å²) in [6.45, 7) is -0.344. The molecule has 0 saturated carbocycles. The van der Waals surface area contributed by atoms with Crippen LogP contribution in [0.2, 0.25) is 0 Å². The lowest BCUT2D eigenvalue weighted by molar-refractivity contribution is -0.140. The van der Waals surface area contributed by atoms with E-state index in [2.05, 4.69) is 22.5 Å². The molecule has 1 unspecified atom stereocenters. The molecule has 4 rings (SSSR count). The number of aromatic nitrogens is 1. The van der Waals surface area contributed by atoms with E-state index < -0.39 is 34.3 Å². The van der Waals surface area contributed by atoms with Gasteiger partial charge in [0.2, 0.25) is 0 Å². The van der Waals surface area contributed by atoms with E-state index in [1.54, 1.807) is 49.8 Å². The summed E-state index contributed by atoms with van der Waals surface area (Å²) in [4.78, 5) is 0.603. The predicted molar refractivity (Wildman–Crippen MR) is 154 cm³/mol. The van der Waals surface area contributed by atoms with Crippen molar-refractivity contribution in [1.82, 2.24) is 4.57 Å². The van der Waals surface area contributed by atoms with Crippen molar-refractivity contribution in [3.63, 3.8) is 0 Å². The lowest BCUT2D eigenvalue weighted by Crippen LogP contribution is -2.29. The average Bonchev–Trinajstić information content (AvgIpc) is 3.25. The third-order valence-electron chi connectivity index (χ3n) is 6.44. The fourth-order valence-corrected chi connectivity index (χ4v) is 6.31. The zero-order chi connectivity index (χ0) is 28.7. The van der Waals surface area contributed by atoms with Gasteiger partial charge in [-0.2, -0.15) is 13.2 Å². The molecule has 1 saturated heterocycles. The van der Waals surface area contributed by atoms with Gasteiger partial charge in [-0.15, -0.1) is 0 Å². The molecule has 0 aliphatic carbocycles. The number of methoxy groups -OCH3 is 1. The van der Waals surface area contributed by atoms with Gasteiger partial charge in [-0.3, -0.25) is 8.42 Å². The van der Waals surface area contributed by atoms with E-state index in [1.165, 1.54) is 4.57 Å². The lowest BCUT2D eigenvalue weighted by atomic mass is 10.1. The van der Waals surface area contributed by atoms with Crippen LogP contribution < -0.4 is 15.4 Å². The number of ether oxygens (including phenoxy) is 2. The number of rotatable bonds is 10. The third-order valence-corrected chi connectivity index (χ3v) is 8.74. The highest BCUT2D eigenvalue weighted by atomic mass is 32.2. The van der Waals surface area contributed by atoms with Gasteiger partial charge in [-0.05, 0) is 55.2 Å². The molecule has 2 aromatic carbocycles. The van der Waals surface area contributed by atoms with Crippen LogP contribution in [0, 0.1) is 11.8 Å². The first-order chi connectivity index (χ1) is 19.1. The van der Waals surface area contributed by atoms with Crippen LogP contribution in [0.5, 0.6) is 5.75 Å². The summed E-state index contributed by atoms with van der Waals surface area (Å²) >= 11 is 0. The number of fused-ring (bicyclic) bond motifs is 1. The van der Waals surface area contributed by atoms with Crippen LogP contribution in [-0.2, 0) is 32.9 Å². The summed E-state index contributed by atoms with van der Waals surface area (Å²) in [5.74, 6) is 7.56. The Hall–Kier alpha value is -3.01. The van der Waals surface area contributed by atoms with Gasteiger partial charge in [0, 0.05) is 68.5 Å². The molecule has 1 aliphatic heterocycles. The molecule has 1 aromatic heterocycles. The van der Waals surface area contributed by atoms with Crippen LogP contribution in [0.3, 0.4) is 0 Å². The number of anilines is 2. The normalized spacial score (nSPS) is 18.1. The summed E-state index contributed by atoms with van der Waals surface area (Å²) in [5, 5.41) is 7.24. The van der Waals surface area contributed by atoms with E-state index in [4.69, 9.17) is 9.47 Å². The Morgan fingerprint density at radius 1 is 1.12 bits per heavy atom. The van der Waals surface area contributed by atoms with Crippen molar-refractivity contribution in [1.29, 1.82) is 0 Å². The molecule has 216 valence electrons. The minimum absolute atomic E-state index is 0.116. The molecule has 2 heterocycles. The molecule has 40 heavy (non-hydrogen) atoms. The van der Waals surface area contributed by atoms with Crippen LogP contribution in [0.1, 0.15) is 18.5 Å². The summed E-state index contributed by atoms with van der Waals surface area (Å²) < 4.78 is 76.2. The molecule has 0 bridgehead atoms. The number of hydrogen-bond acceptors (Lipinski definition) is 6. The second-order valence-electron chi connectivity index (χ2n) is 9.34. The van der Waals surface area contributed by atoms with E-state index >= 15 is 0 Å². The predicted octanol–water partition coefficient (Wildman–Crippen LogP) is 4.75. The number of halogens is 3. The largest absolute Gasteiger partial charge is 0.489 e. The fourth-order valence-electron chi connectivity index (χ4n) is 4.48. The lowest BCUT2D eigenvalue weighted by Gasteiger charge is -2.24. The molecule has 7 nitrogen and oxygen atoms in total. The molecule has 1 fully saturated rings. The molecule has 1 atom stereocenters. The molecule has 2 N–H and O–H groups in total. The second-order valence-corrected chi connectivity index (χ2v) is 12.4. The Labute approximate surface area is 236 Å². The number of benzene rings is 2. The Morgan fingerprint density at radius 3 is 2.60 bits per heavy atom. The zero-order valence-electron chi connectivity index (χ0n) is 22.3. The quantitative estimate of drug-likeness (QED) is 0.260. The molecule has 12 heteroatoms. The first kappa shape index (κ1) is 30.0.